The van der Waals surface area contributed by atoms with E-state index in [1.165, 1.54) is 28.6 Å². The standard InChI is InChI=1S/C24H29N3O2S2/c1-5-11-26-15(3)13-18(16(26)4)19(28)14-30-24-25-22-21(23(29)27(24)12-6-2)17-9-7-8-10-20(17)31-22/h6,13H,2,5,7-12,14H2,1,3-4H3. The van der Waals surface area contributed by atoms with Gasteiger partial charge in [0.2, 0.25) is 0 Å². The lowest BCUT2D eigenvalue weighted by Gasteiger charge is -2.12. The molecule has 0 saturated carbocycles. The molecule has 0 fully saturated rings. The molecule has 3 aromatic heterocycles. The Bertz CT molecular complexity index is 1220. The monoisotopic (exact) mass is 455 g/mol. The first kappa shape index (κ1) is 22.1. The fourth-order valence-corrected chi connectivity index (χ4v) is 6.67. The van der Waals surface area contributed by atoms with Crippen LogP contribution in [0.15, 0.2) is 28.7 Å². The number of aromatic nitrogens is 3. The van der Waals surface area contributed by atoms with Crippen molar-refractivity contribution in [3.8, 4) is 0 Å². The molecule has 0 aliphatic heterocycles. The summed E-state index contributed by atoms with van der Waals surface area (Å²) in [6.07, 6.45) is 7.04. The van der Waals surface area contributed by atoms with Gasteiger partial charge in [0.1, 0.15) is 4.83 Å². The van der Waals surface area contributed by atoms with Crippen LogP contribution in [0, 0.1) is 13.8 Å². The minimum Gasteiger partial charge on any atom is -0.348 e. The number of hydrogen-bond donors (Lipinski definition) is 0. The fraction of sp³-hybridized carbons (Fsp3) is 0.458. The number of thiophene rings is 1. The highest BCUT2D eigenvalue weighted by atomic mass is 32.2. The molecule has 164 valence electrons. The summed E-state index contributed by atoms with van der Waals surface area (Å²) in [5, 5.41) is 1.38. The van der Waals surface area contributed by atoms with E-state index >= 15 is 0 Å². The van der Waals surface area contributed by atoms with Crippen LogP contribution in [0.4, 0.5) is 0 Å². The van der Waals surface area contributed by atoms with Gasteiger partial charge in [-0.2, -0.15) is 0 Å². The Kier molecular flexibility index (Phi) is 6.53. The van der Waals surface area contributed by atoms with Crippen LogP contribution in [0.3, 0.4) is 0 Å². The molecule has 4 rings (SSSR count). The summed E-state index contributed by atoms with van der Waals surface area (Å²) in [6, 6.07) is 1.98. The first-order valence-corrected chi connectivity index (χ1v) is 12.7. The number of Topliss-reactive ketones (excluding diaryl/α,β-unsaturated/α-hetero) is 1. The third kappa shape index (κ3) is 4.05. The van der Waals surface area contributed by atoms with Gasteiger partial charge in [-0.25, -0.2) is 4.98 Å². The lowest BCUT2D eigenvalue weighted by Crippen LogP contribution is -2.23. The van der Waals surface area contributed by atoms with Gasteiger partial charge in [-0.3, -0.25) is 14.2 Å². The van der Waals surface area contributed by atoms with Crippen molar-refractivity contribution in [1.29, 1.82) is 0 Å². The Labute approximate surface area is 191 Å². The van der Waals surface area contributed by atoms with Gasteiger partial charge in [0, 0.05) is 34.9 Å². The fourth-order valence-electron chi connectivity index (χ4n) is 4.48. The minimum absolute atomic E-state index is 0.000345. The molecule has 0 aromatic carbocycles. The van der Waals surface area contributed by atoms with E-state index in [4.69, 9.17) is 4.98 Å². The summed E-state index contributed by atoms with van der Waals surface area (Å²) >= 11 is 3.00. The van der Waals surface area contributed by atoms with E-state index in [2.05, 4.69) is 18.1 Å². The largest absolute Gasteiger partial charge is 0.348 e. The summed E-state index contributed by atoms with van der Waals surface area (Å²) in [7, 11) is 0. The highest BCUT2D eigenvalue weighted by molar-refractivity contribution is 7.99. The Morgan fingerprint density at radius 2 is 2.06 bits per heavy atom. The molecule has 0 saturated heterocycles. The molecule has 0 bridgehead atoms. The third-order valence-corrected chi connectivity index (χ3v) is 8.17. The molecule has 7 heteroatoms. The predicted octanol–water partition coefficient (Wildman–Crippen LogP) is 5.33. The second-order valence-electron chi connectivity index (χ2n) is 8.14. The number of aryl methyl sites for hydroxylation is 3. The molecule has 0 atom stereocenters. The average Bonchev–Trinajstić information content (AvgIpc) is 3.27. The van der Waals surface area contributed by atoms with Crippen LogP contribution < -0.4 is 5.56 Å². The van der Waals surface area contributed by atoms with E-state index in [0.29, 0.717) is 11.7 Å². The number of hydrogen-bond acceptors (Lipinski definition) is 5. The second-order valence-corrected chi connectivity index (χ2v) is 10.2. The van der Waals surface area contributed by atoms with Gasteiger partial charge < -0.3 is 4.57 Å². The van der Waals surface area contributed by atoms with E-state index in [-0.39, 0.29) is 17.1 Å². The smallest absolute Gasteiger partial charge is 0.263 e. The summed E-state index contributed by atoms with van der Waals surface area (Å²) in [5.41, 5.74) is 4.09. The summed E-state index contributed by atoms with van der Waals surface area (Å²) in [6.45, 7) is 11.3. The second kappa shape index (κ2) is 9.17. The van der Waals surface area contributed by atoms with Crippen LogP contribution >= 0.6 is 23.1 Å². The highest BCUT2D eigenvalue weighted by Crippen LogP contribution is 2.34. The molecule has 1 aliphatic carbocycles. The van der Waals surface area contributed by atoms with Crippen LogP contribution in [-0.4, -0.2) is 25.7 Å². The molecule has 0 spiro atoms. The van der Waals surface area contributed by atoms with Crippen molar-refractivity contribution >= 4 is 39.1 Å². The number of carbonyl (C=O) groups is 1. The van der Waals surface area contributed by atoms with Crippen LogP contribution in [0.5, 0.6) is 0 Å². The maximum atomic E-state index is 13.3. The first-order chi connectivity index (χ1) is 15.0. The van der Waals surface area contributed by atoms with Crippen molar-refractivity contribution < 1.29 is 4.79 Å². The number of rotatable bonds is 8. The van der Waals surface area contributed by atoms with E-state index in [1.807, 2.05) is 19.9 Å². The topological polar surface area (TPSA) is 56.9 Å². The average molecular weight is 456 g/mol. The first-order valence-electron chi connectivity index (χ1n) is 10.9. The number of allylic oxidation sites excluding steroid dienone is 1. The van der Waals surface area contributed by atoms with Crippen LogP contribution in [0.1, 0.15) is 58.4 Å². The van der Waals surface area contributed by atoms with Gasteiger partial charge in [0.25, 0.3) is 5.56 Å². The van der Waals surface area contributed by atoms with Crippen molar-refractivity contribution in [3.05, 3.63) is 56.5 Å². The van der Waals surface area contributed by atoms with Crippen LogP contribution in [0.2, 0.25) is 0 Å². The summed E-state index contributed by atoms with van der Waals surface area (Å²) in [5.74, 6) is 0.335. The highest BCUT2D eigenvalue weighted by Gasteiger charge is 2.23. The molecule has 5 nitrogen and oxygen atoms in total. The molecule has 0 unspecified atom stereocenters. The number of thioether (sulfide) groups is 1. The van der Waals surface area contributed by atoms with Crippen LogP contribution in [-0.2, 0) is 25.9 Å². The zero-order valence-electron chi connectivity index (χ0n) is 18.5. The molecule has 1 aliphatic rings. The molecule has 31 heavy (non-hydrogen) atoms. The minimum atomic E-state index is 0.000345. The SMILES string of the molecule is C=CCn1c(SCC(=O)c2cc(C)n(CCC)c2C)nc2sc3c(c2c1=O)CCCC3. The summed E-state index contributed by atoms with van der Waals surface area (Å²) in [4.78, 5) is 33.3. The number of nitrogens with zero attached hydrogens (tertiary/aromatic N) is 3. The van der Waals surface area contributed by atoms with E-state index < -0.39 is 0 Å². The summed E-state index contributed by atoms with van der Waals surface area (Å²) < 4.78 is 3.88. The van der Waals surface area contributed by atoms with Gasteiger partial charge in [0.15, 0.2) is 10.9 Å². The quantitative estimate of drug-likeness (QED) is 0.199. The van der Waals surface area contributed by atoms with Gasteiger partial charge in [-0.15, -0.1) is 17.9 Å². The van der Waals surface area contributed by atoms with Crippen LogP contribution in [0.25, 0.3) is 10.2 Å². The molecule has 3 aromatic rings. The molecular weight excluding hydrogens is 426 g/mol. The number of fused-ring (bicyclic) bond motifs is 3. The molecule has 3 heterocycles. The van der Waals surface area contributed by atoms with Gasteiger partial charge in [-0.1, -0.05) is 24.8 Å². The maximum Gasteiger partial charge on any atom is 0.263 e. The van der Waals surface area contributed by atoms with E-state index in [1.54, 1.807) is 22.0 Å². The zero-order valence-corrected chi connectivity index (χ0v) is 20.1. The van der Waals surface area contributed by atoms with Gasteiger partial charge in [0.05, 0.1) is 11.1 Å². The molecule has 0 amide bonds. The Balaban J connectivity index is 1.66. The third-order valence-electron chi connectivity index (χ3n) is 6.01. The normalized spacial score (nSPS) is 13.5. The maximum absolute atomic E-state index is 13.3. The lowest BCUT2D eigenvalue weighted by atomic mass is 9.97. The van der Waals surface area contributed by atoms with E-state index in [0.717, 1.165) is 59.4 Å². The van der Waals surface area contributed by atoms with E-state index in [9.17, 15) is 9.59 Å². The Morgan fingerprint density at radius 3 is 2.81 bits per heavy atom. The van der Waals surface area contributed by atoms with Crippen molar-refractivity contribution in [2.45, 2.75) is 71.1 Å². The predicted molar refractivity (Wildman–Crippen MR) is 130 cm³/mol. The van der Waals surface area contributed by atoms with Gasteiger partial charge >= 0.3 is 0 Å². The Morgan fingerprint density at radius 1 is 1.29 bits per heavy atom. The number of ketones is 1. The van der Waals surface area contributed by atoms with Gasteiger partial charge in [-0.05, 0) is 57.6 Å². The molecule has 0 radical (unpaired) electrons. The van der Waals surface area contributed by atoms with Crippen molar-refractivity contribution in [2.24, 2.45) is 0 Å². The Hall–Kier alpha value is -2.12. The molecular formula is C24H29N3O2S2. The molecule has 0 N–H and O–H groups in total. The lowest BCUT2D eigenvalue weighted by molar-refractivity contribution is 0.102. The zero-order chi connectivity index (χ0) is 22.1. The van der Waals surface area contributed by atoms with Crippen molar-refractivity contribution in [3.63, 3.8) is 0 Å². The van der Waals surface area contributed by atoms with Crippen molar-refractivity contribution in [2.75, 3.05) is 5.75 Å². The van der Waals surface area contributed by atoms with Crippen molar-refractivity contribution in [1.82, 2.24) is 14.1 Å². The number of carbonyl (C=O) groups excluding carboxylic acids is 1.